The summed E-state index contributed by atoms with van der Waals surface area (Å²) in [7, 11) is 0. The lowest BCUT2D eigenvalue weighted by atomic mass is 9.85. The van der Waals surface area contributed by atoms with Crippen LogP contribution in [0.5, 0.6) is 0 Å². The maximum atomic E-state index is 13.4. The van der Waals surface area contributed by atoms with E-state index >= 15 is 0 Å². The van der Waals surface area contributed by atoms with E-state index in [-0.39, 0.29) is 23.6 Å². The van der Waals surface area contributed by atoms with Crippen LogP contribution >= 0.6 is 11.6 Å². The van der Waals surface area contributed by atoms with E-state index in [1.165, 1.54) is 4.90 Å². The Balaban J connectivity index is 1.56. The van der Waals surface area contributed by atoms with Gasteiger partial charge in [0.05, 0.1) is 23.6 Å². The fourth-order valence-electron chi connectivity index (χ4n) is 5.16. The smallest absolute Gasteiger partial charge is 0.239 e. The maximum absolute atomic E-state index is 13.4. The molecular formula is C22H19ClN2O3. The molecule has 3 fully saturated rings. The first kappa shape index (κ1) is 17.6. The van der Waals surface area contributed by atoms with E-state index in [4.69, 9.17) is 11.6 Å². The molecule has 0 aliphatic carbocycles. The number of imide groups is 1. The van der Waals surface area contributed by atoms with Crippen molar-refractivity contribution < 1.29 is 14.4 Å². The number of halogens is 1. The number of ketones is 1. The lowest BCUT2D eigenvalue weighted by Gasteiger charge is -2.27. The molecule has 28 heavy (non-hydrogen) atoms. The van der Waals surface area contributed by atoms with Crippen LogP contribution in [-0.2, 0) is 9.59 Å². The van der Waals surface area contributed by atoms with Gasteiger partial charge >= 0.3 is 0 Å². The quantitative estimate of drug-likeness (QED) is 0.592. The third-order valence-corrected chi connectivity index (χ3v) is 6.48. The van der Waals surface area contributed by atoms with Crippen molar-refractivity contribution in [1.29, 1.82) is 0 Å². The Labute approximate surface area is 167 Å². The van der Waals surface area contributed by atoms with Crippen molar-refractivity contribution in [2.45, 2.75) is 24.9 Å². The Morgan fingerprint density at radius 1 is 0.964 bits per heavy atom. The zero-order valence-corrected chi connectivity index (χ0v) is 15.9. The molecule has 6 heteroatoms. The zero-order chi connectivity index (χ0) is 19.4. The molecule has 5 nitrogen and oxygen atoms in total. The minimum absolute atomic E-state index is 0.0525. The van der Waals surface area contributed by atoms with Crippen LogP contribution in [-0.4, -0.2) is 41.1 Å². The van der Waals surface area contributed by atoms with Gasteiger partial charge in [-0.3, -0.25) is 19.3 Å². The number of Topliss-reactive ketones (excluding diaryl/α,β-unsaturated/α-hetero) is 1. The average molecular weight is 395 g/mol. The first-order chi connectivity index (χ1) is 13.6. The summed E-state index contributed by atoms with van der Waals surface area (Å²) >= 11 is 6.08. The second-order valence-corrected chi connectivity index (χ2v) is 8.10. The highest BCUT2D eigenvalue weighted by atomic mass is 35.5. The molecule has 0 radical (unpaired) electrons. The van der Waals surface area contributed by atoms with Gasteiger partial charge in [-0.05, 0) is 37.6 Å². The summed E-state index contributed by atoms with van der Waals surface area (Å²) in [5, 5.41) is 0.467. The third kappa shape index (κ3) is 2.46. The van der Waals surface area contributed by atoms with Crippen LogP contribution in [0.25, 0.3) is 0 Å². The highest BCUT2D eigenvalue weighted by Crippen LogP contribution is 2.48. The number of carbonyl (C=O) groups is 3. The molecule has 2 aromatic rings. The molecule has 0 unspecified atom stereocenters. The van der Waals surface area contributed by atoms with Gasteiger partial charge in [0.25, 0.3) is 0 Å². The number of amides is 2. The lowest BCUT2D eigenvalue weighted by Crippen LogP contribution is -2.46. The Morgan fingerprint density at radius 3 is 2.46 bits per heavy atom. The average Bonchev–Trinajstić information content (AvgIpc) is 3.34. The van der Waals surface area contributed by atoms with Gasteiger partial charge in [-0.2, -0.15) is 0 Å². The molecule has 3 aliphatic rings. The molecule has 0 bridgehead atoms. The largest absolute Gasteiger partial charge is 0.292 e. The minimum Gasteiger partial charge on any atom is -0.292 e. The van der Waals surface area contributed by atoms with Crippen molar-refractivity contribution in [3.63, 3.8) is 0 Å². The number of fused-ring (bicyclic) bond motifs is 3. The van der Waals surface area contributed by atoms with E-state index < -0.39 is 17.9 Å². The van der Waals surface area contributed by atoms with Gasteiger partial charge in [0, 0.05) is 16.6 Å². The summed E-state index contributed by atoms with van der Waals surface area (Å²) in [6, 6.07) is 15.2. The van der Waals surface area contributed by atoms with Gasteiger partial charge in [0.1, 0.15) is 0 Å². The van der Waals surface area contributed by atoms with Gasteiger partial charge in [0.2, 0.25) is 11.8 Å². The normalized spacial score (nSPS) is 29.2. The molecule has 0 aromatic heterocycles. The van der Waals surface area contributed by atoms with E-state index in [1.54, 1.807) is 36.4 Å². The minimum atomic E-state index is -0.635. The lowest BCUT2D eigenvalue weighted by molar-refractivity contribution is -0.123. The Bertz CT molecular complexity index is 977. The van der Waals surface area contributed by atoms with E-state index in [0.29, 0.717) is 16.3 Å². The summed E-state index contributed by atoms with van der Waals surface area (Å²) in [5.74, 6) is -1.68. The van der Waals surface area contributed by atoms with Crippen LogP contribution in [0, 0.1) is 11.8 Å². The number of carbonyl (C=O) groups excluding carboxylic acids is 3. The molecule has 3 saturated heterocycles. The first-order valence-electron chi connectivity index (χ1n) is 9.56. The molecular weight excluding hydrogens is 376 g/mol. The number of rotatable bonds is 3. The Morgan fingerprint density at radius 2 is 1.71 bits per heavy atom. The van der Waals surface area contributed by atoms with Crippen molar-refractivity contribution in [2.75, 3.05) is 11.4 Å². The molecule has 0 N–H and O–H groups in total. The van der Waals surface area contributed by atoms with Crippen LogP contribution in [0.15, 0.2) is 54.6 Å². The number of benzene rings is 2. The molecule has 2 amide bonds. The predicted molar refractivity (Wildman–Crippen MR) is 105 cm³/mol. The van der Waals surface area contributed by atoms with Gasteiger partial charge in [-0.1, -0.05) is 48.0 Å². The number of hydrogen-bond acceptors (Lipinski definition) is 4. The Kier molecular flexibility index (Phi) is 4.11. The molecule has 5 rings (SSSR count). The summed E-state index contributed by atoms with van der Waals surface area (Å²) in [6.07, 6.45) is 1.77. The van der Waals surface area contributed by atoms with Crippen molar-refractivity contribution in [1.82, 2.24) is 4.90 Å². The van der Waals surface area contributed by atoms with E-state index in [1.807, 2.05) is 18.2 Å². The second kappa shape index (κ2) is 6.54. The predicted octanol–water partition coefficient (Wildman–Crippen LogP) is 3.18. The molecule has 3 heterocycles. The van der Waals surface area contributed by atoms with Gasteiger partial charge < -0.3 is 0 Å². The maximum Gasteiger partial charge on any atom is 0.239 e. The topological polar surface area (TPSA) is 57.7 Å². The second-order valence-electron chi connectivity index (χ2n) is 7.67. The third-order valence-electron chi connectivity index (χ3n) is 6.25. The van der Waals surface area contributed by atoms with Gasteiger partial charge in [-0.25, -0.2) is 4.90 Å². The van der Waals surface area contributed by atoms with Crippen molar-refractivity contribution in [2.24, 2.45) is 11.8 Å². The summed E-state index contributed by atoms with van der Waals surface area (Å²) in [5.41, 5.74) is 1.06. The highest BCUT2D eigenvalue weighted by Gasteiger charge is 2.64. The van der Waals surface area contributed by atoms with Crippen molar-refractivity contribution >= 4 is 34.9 Å². The Hall–Kier alpha value is -2.50. The van der Waals surface area contributed by atoms with Gasteiger partial charge in [-0.15, -0.1) is 0 Å². The van der Waals surface area contributed by atoms with Crippen molar-refractivity contribution in [3.8, 4) is 0 Å². The standard InChI is InChI=1S/C22H19ClN2O3/c23-14-8-4-9-15(12-14)25-21(27)17-16-10-5-11-24(16)19(18(17)22(25)28)20(26)13-6-2-1-3-7-13/h1-4,6-9,12,16-19H,5,10-11H2/t16-,17-,18+,19+/m1/s1. The zero-order valence-electron chi connectivity index (χ0n) is 15.1. The summed E-state index contributed by atoms with van der Waals surface area (Å²) in [6.45, 7) is 0.749. The van der Waals surface area contributed by atoms with Crippen LogP contribution in [0.2, 0.25) is 5.02 Å². The van der Waals surface area contributed by atoms with E-state index in [0.717, 1.165) is 19.4 Å². The molecule has 4 atom stereocenters. The number of anilines is 1. The van der Waals surface area contributed by atoms with E-state index in [2.05, 4.69) is 4.90 Å². The van der Waals surface area contributed by atoms with Crippen LogP contribution in [0.1, 0.15) is 23.2 Å². The fraction of sp³-hybridized carbons (Fsp3) is 0.318. The van der Waals surface area contributed by atoms with Crippen LogP contribution < -0.4 is 4.90 Å². The first-order valence-corrected chi connectivity index (χ1v) is 9.94. The summed E-state index contributed by atoms with van der Waals surface area (Å²) in [4.78, 5) is 43.3. The summed E-state index contributed by atoms with van der Waals surface area (Å²) < 4.78 is 0. The van der Waals surface area contributed by atoms with Crippen LogP contribution in [0.3, 0.4) is 0 Å². The monoisotopic (exact) mass is 394 g/mol. The molecule has 0 saturated carbocycles. The van der Waals surface area contributed by atoms with Crippen molar-refractivity contribution in [3.05, 3.63) is 65.2 Å². The number of nitrogens with zero attached hydrogens (tertiary/aromatic N) is 2. The number of hydrogen-bond donors (Lipinski definition) is 0. The molecule has 0 spiro atoms. The SMILES string of the molecule is O=C(c1ccccc1)[C@@H]1[C@H]2C(=O)N(c3cccc(Cl)c3)C(=O)[C@@H]2[C@H]2CCCN21. The fourth-order valence-corrected chi connectivity index (χ4v) is 5.34. The van der Waals surface area contributed by atoms with E-state index in [9.17, 15) is 14.4 Å². The molecule has 3 aliphatic heterocycles. The van der Waals surface area contributed by atoms with Gasteiger partial charge in [0.15, 0.2) is 5.78 Å². The highest BCUT2D eigenvalue weighted by molar-refractivity contribution is 6.31. The molecule has 142 valence electrons. The van der Waals surface area contributed by atoms with Crippen LogP contribution in [0.4, 0.5) is 5.69 Å². The molecule has 2 aromatic carbocycles.